The highest BCUT2D eigenvalue weighted by atomic mass is 16.5. The predicted molar refractivity (Wildman–Crippen MR) is 75.4 cm³/mol. The summed E-state index contributed by atoms with van der Waals surface area (Å²) in [5.41, 5.74) is 1.69. The van der Waals surface area contributed by atoms with Crippen molar-refractivity contribution >= 4 is 11.9 Å². The van der Waals surface area contributed by atoms with E-state index in [1.807, 2.05) is 12.1 Å². The second kappa shape index (κ2) is 8.32. The van der Waals surface area contributed by atoms with Gasteiger partial charge in [-0.25, -0.2) is 4.79 Å². The van der Waals surface area contributed by atoms with E-state index >= 15 is 0 Å². The van der Waals surface area contributed by atoms with Crippen molar-refractivity contribution in [1.82, 2.24) is 5.32 Å². The van der Waals surface area contributed by atoms with Gasteiger partial charge in [-0.1, -0.05) is 25.5 Å². The molecule has 20 heavy (non-hydrogen) atoms. The number of ether oxygens (including phenoxy) is 1. The number of carbonyl (C=O) groups is 2. The number of methoxy groups -OCH3 is 1. The molecule has 0 aliphatic carbocycles. The summed E-state index contributed by atoms with van der Waals surface area (Å²) in [5.74, 6) is -1.09. The van der Waals surface area contributed by atoms with Crippen LogP contribution in [0.2, 0.25) is 0 Å². The molecule has 0 spiro atoms. The number of esters is 1. The minimum Gasteiger partial charge on any atom is -0.467 e. The topological polar surface area (TPSA) is 75.6 Å². The van der Waals surface area contributed by atoms with E-state index in [0.29, 0.717) is 5.56 Å². The summed E-state index contributed by atoms with van der Waals surface area (Å²) in [7, 11) is 1.18. The zero-order chi connectivity index (χ0) is 15.0. The fraction of sp³-hybridized carbons (Fsp3) is 0.467. The number of rotatable bonds is 7. The van der Waals surface area contributed by atoms with Crippen LogP contribution in [-0.2, 0) is 16.0 Å². The molecule has 0 saturated heterocycles. The van der Waals surface area contributed by atoms with Gasteiger partial charge in [0.05, 0.1) is 13.7 Å². The molecule has 1 atom stereocenters. The number of aryl methyl sites for hydroxylation is 1. The Labute approximate surface area is 118 Å². The Morgan fingerprint density at radius 3 is 2.50 bits per heavy atom. The summed E-state index contributed by atoms with van der Waals surface area (Å²) in [6, 6.07) is 7.32. The van der Waals surface area contributed by atoms with Crippen molar-refractivity contribution in [3.63, 3.8) is 0 Å². The molecule has 1 aromatic rings. The standard InChI is InChI=1S/C15H21NO4/c1-3-4-5-11-6-8-12(9-7-11)14(18)16-10-13(17)15(19)20-2/h6-9,13,17H,3-5,10H2,1-2H3,(H,16,18). The lowest BCUT2D eigenvalue weighted by molar-refractivity contribution is -0.149. The van der Waals surface area contributed by atoms with Crippen molar-refractivity contribution in [2.24, 2.45) is 0 Å². The van der Waals surface area contributed by atoms with Crippen LogP contribution in [0.1, 0.15) is 35.7 Å². The van der Waals surface area contributed by atoms with Gasteiger partial charge in [0.1, 0.15) is 0 Å². The second-order valence-electron chi connectivity index (χ2n) is 4.55. The van der Waals surface area contributed by atoms with Crippen LogP contribution in [0.15, 0.2) is 24.3 Å². The van der Waals surface area contributed by atoms with Gasteiger partial charge >= 0.3 is 5.97 Å². The van der Waals surface area contributed by atoms with Crippen molar-refractivity contribution in [3.05, 3.63) is 35.4 Å². The first-order chi connectivity index (χ1) is 9.58. The fourth-order valence-corrected chi connectivity index (χ4v) is 1.71. The molecule has 0 bridgehead atoms. The summed E-state index contributed by atoms with van der Waals surface area (Å²) >= 11 is 0. The van der Waals surface area contributed by atoms with Gasteiger partial charge in [0.2, 0.25) is 0 Å². The number of aliphatic hydroxyl groups excluding tert-OH is 1. The van der Waals surface area contributed by atoms with E-state index in [-0.39, 0.29) is 12.5 Å². The third kappa shape index (κ3) is 5.01. The maximum atomic E-state index is 11.8. The molecule has 5 heteroatoms. The van der Waals surface area contributed by atoms with Gasteiger partial charge in [0.25, 0.3) is 5.91 Å². The van der Waals surface area contributed by atoms with E-state index in [1.54, 1.807) is 12.1 Å². The molecule has 1 unspecified atom stereocenters. The van der Waals surface area contributed by atoms with E-state index < -0.39 is 12.1 Å². The maximum Gasteiger partial charge on any atom is 0.336 e. The Balaban J connectivity index is 2.49. The van der Waals surface area contributed by atoms with Crippen molar-refractivity contribution in [2.45, 2.75) is 32.3 Å². The summed E-state index contributed by atoms with van der Waals surface area (Å²) in [6.45, 7) is 1.97. The Morgan fingerprint density at radius 1 is 1.30 bits per heavy atom. The maximum absolute atomic E-state index is 11.8. The van der Waals surface area contributed by atoms with Crippen LogP contribution in [0.5, 0.6) is 0 Å². The van der Waals surface area contributed by atoms with Crippen molar-refractivity contribution in [2.75, 3.05) is 13.7 Å². The average molecular weight is 279 g/mol. The van der Waals surface area contributed by atoms with Gasteiger partial charge in [-0.05, 0) is 30.5 Å². The summed E-state index contributed by atoms with van der Waals surface area (Å²) in [5, 5.41) is 11.9. The highest BCUT2D eigenvalue weighted by molar-refractivity contribution is 5.94. The van der Waals surface area contributed by atoms with Gasteiger partial charge in [-0.15, -0.1) is 0 Å². The molecular weight excluding hydrogens is 258 g/mol. The first-order valence-corrected chi connectivity index (χ1v) is 6.71. The number of amides is 1. The second-order valence-corrected chi connectivity index (χ2v) is 4.55. The molecule has 1 rings (SSSR count). The van der Waals surface area contributed by atoms with E-state index in [9.17, 15) is 14.7 Å². The molecule has 0 fully saturated rings. The minimum atomic E-state index is -1.34. The van der Waals surface area contributed by atoms with Crippen LogP contribution in [0.4, 0.5) is 0 Å². The molecule has 5 nitrogen and oxygen atoms in total. The molecular formula is C15H21NO4. The summed E-state index contributed by atoms with van der Waals surface area (Å²) < 4.78 is 4.36. The smallest absolute Gasteiger partial charge is 0.336 e. The van der Waals surface area contributed by atoms with E-state index in [1.165, 1.54) is 12.7 Å². The Morgan fingerprint density at radius 2 is 1.95 bits per heavy atom. The monoisotopic (exact) mass is 279 g/mol. The SMILES string of the molecule is CCCCc1ccc(C(=O)NCC(O)C(=O)OC)cc1. The van der Waals surface area contributed by atoms with Crippen LogP contribution < -0.4 is 5.32 Å². The number of nitrogens with one attached hydrogen (secondary N) is 1. The summed E-state index contributed by atoms with van der Waals surface area (Å²) in [4.78, 5) is 22.8. The number of carbonyl (C=O) groups excluding carboxylic acids is 2. The molecule has 1 aromatic carbocycles. The van der Waals surface area contributed by atoms with E-state index in [4.69, 9.17) is 0 Å². The normalized spacial score (nSPS) is 11.8. The minimum absolute atomic E-state index is 0.164. The highest BCUT2D eigenvalue weighted by Gasteiger charge is 2.16. The number of aliphatic hydroxyl groups is 1. The quantitative estimate of drug-likeness (QED) is 0.738. The van der Waals surface area contributed by atoms with Crippen molar-refractivity contribution < 1.29 is 19.4 Å². The van der Waals surface area contributed by atoms with Crippen LogP contribution in [0, 0.1) is 0 Å². The molecule has 0 heterocycles. The van der Waals surface area contributed by atoms with Gasteiger partial charge in [-0.3, -0.25) is 4.79 Å². The largest absolute Gasteiger partial charge is 0.467 e. The zero-order valence-electron chi connectivity index (χ0n) is 11.9. The molecule has 0 aliphatic rings. The lowest BCUT2D eigenvalue weighted by Crippen LogP contribution is -2.37. The molecule has 0 aromatic heterocycles. The van der Waals surface area contributed by atoms with Gasteiger partial charge in [0.15, 0.2) is 6.10 Å². The third-order valence-corrected chi connectivity index (χ3v) is 2.96. The zero-order valence-corrected chi connectivity index (χ0v) is 11.9. The van der Waals surface area contributed by atoms with Crippen LogP contribution in [0.3, 0.4) is 0 Å². The molecule has 2 N–H and O–H groups in total. The number of benzene rings is 1. The Bertz CT molecular complexity index is 442. The predicted octanol–water partition coefficient (Wildman–Crippen LogP) is 1.29. The first kappa shape index (κ1) is 16.2. The van der Waals surface area contributed by atoms with Crippen molar-refractivity contribution in [1.29, 1.82) is 0 Å². The molecule has 0 radical (unpaired) electrons. The van der Waals surface area contributed by atoms with Gasteiger partial charge in [-0.2, -0.15) is 0 Å². The molecule has 0 aliphatic heterocycles. The number of hydrogen-bond donors (Lipinski definition) is 2. The highest BCUT2D eigenvalue weighted by Crippen LogP contribution is 2.08. The lowest BCUT2D eigenvalue weighted by atomic mass is 10.1. The summed E-state index contributed by atoms with van der Waals surface area (Å²) in [6.07, 6.45) is 1.91. The molecule has 110 valence electrons. The van der Waals surface area contributed by atoms with Crippen LogP contribution >= 0.6 is 0 Å². The van der Waals surface area contributed by atoms with E-state index in [0.717, 1.165) is 19.3 Å². The van der Waals surface area contributed by atoms with Crippen LogP contribution in [-0.4, -0.2) is 36.7 Å². The lowest BCUT2D eigenvalue weighted by Gasteiger charge is -2.10. The third-order valence-electron chi connectivity index (χ3n) is 2.96. The van der Waals surface area contributed by atoms with Crippen LogP contribution in [0.25, 0.3) is 0 Å². The molecule has 0 saturated carbocycles. The first-order valence-electron chi connectivity index (χ1n) is 6.71. The van der Waals surface area contributed by atoms with Gasteiger partial charge in [0, 0.05) is 5.56 Å². The average Bonchev–Trinajstić information content (AvgIpc) is 2.49. The van der Waals surface area contributed by atoms with Gasteiger partial charge < -0.3 is 15.2 Å². The Hall–Kier alpha value is -1.88. The number of unbranched alkanes of at least 4 members (excludes halogenated alkanes) is 1. The van der Waals surface area contributed by atoms with E-state index in [2.05, 4.69) is 17.0 Å². The fourth-order valence-electron chi connectivity index (χ4n) is 1.71. The molecule has 1 amide bonds. The van der Waals surface area contributed by atoms with Crippen molar-refractivity contribution in [3.8, 4) is 0 Å². The number of hydrogen-bond acceptors (Lipinski definition) is 4. The Kier molecular flexibility index (Phi) is 6.73.